The zero-order valence-electron chi connectivity index (χ0n) is 5.87. The lowest BCUT2D eigenvalue weighted by Crippen LogP contribution is -1.75. The predicted octanol–water partition coefficient (Wildman–Crippen LogP) is 2.02. The first-order valence-corrected chi connectivity index (χ1v) is 3.61. The van der Waals surface area contributed by atoms with Crippen LogP contribution in [0.25, 0.3) is 0 Å². The molecule has 0 aliphatic heterocycles. The molecule has 1 aromatic rings. The van der Waals surface area contributed by atoms with Gasteiger partial charge in [-0.05, 0) is 23.7 Å². The van der Waals surface area contributed by atoms with Crippen molar-refractivity contribution in [1.82, 2.24) is 4.98 Å². The van der Waals surface area contributed by atoms with Crippen LogP contribution < -0.4 is 0 Å². The maximum atomic E-state index is 8.57. The van der Waals surface area contributed by atoms with Crippen molar-refractivity contribution < 1.29 is 4.79 Å². The number of halogens is 2. The van der Waals surface area contributed by atoms with Crippen LogP contribution in [0.3, 0.4) is 0 Å². The number of carbonyl (C=O) groups excluding carboxylic acids is 1. The normalized spacial score (nSPS) is 7.42. The van der Waals surface area contributed by atoms with E-state index in [1.807, 2.05) is 6.07 Å². The van der Waals surface area contributed by atoms with Crippen LogP contribution in [0.2, 0.25) is 5.15 Å². The van der Waals surface area contributed by atoms with Crippen LogP contribution in [0.15, 0.2) is 18.3 Å². The van der Waals surface area contributed by atoms with E-state index in [-0.39, 0.29) is 5.75 Å². The van der Waals surface area contributed by atoms with E-state index in [0.29, 0.717) is 10.7 Å². The van der Waals surface area contributed by atoms with Crippen LogP contribution in [0.5, 0.6) is 0 Å². The molecule has 0 fully saturated rings. The average Bonchev–Trinajstić information content (AvgIpc) is 2.07. The number of hydrogen-bond donors (Lipinski definition) is 0. The lowest BCUT2D eigenvalue weighted by Gasteiger charge is -1.85. The Hall–Kier alpha value is -1.11. The standard InChI is InChI=1S/C6H3ClN2.CHClO/c7-6-2-1-5(3-8)4-9-6;2-1-3/h1-2,4H;1H. The molecule has 0 amide bonds. The highest BCUT2D eigenvalue weighted by Crippen LogP contribution is 2.02. The molecule has 1 rings (SSSR count). The molecule has 0 aromatic carbocycles. The van der Waals surface area contributed by atoms with Crippen molar-refractivity contribution in [2.75, 3.05) is 0 Å². The summed E-state index contributed by atoms with van der Waals surface area (Å²) in [5, 5.41) is 8.71. The fraction of sp³-hybridized carbons (Fsp3) is 0. The molecule has 0 saturated heterocycles. The largest absolute Gasteiger partial charge is 0.285 e. The van der Waals surface area contributed by atoms with Gasteiger partial charge in [0, 0.05) is 6.20 Å². The Morgan fingerprint density at radius 1 is 1.58 bits per heavy atom. The van der Waals surface area contributed by atoms with Crippen molar-refractivity contribution in [2.45, 2.75) is 0 Å². The molecular weight excluding hydrogens is 199 g/mol. The van der Waals surface area contributed by atoms with Crippen LogP contribution in [-0.2, 0) is 4.79 Å². The van der Waals surface area contributed by atoms with Crippen molar-refractivity contribution in [3.05, 3.63) is 29.0 Å². The quantitative estimate of drug-likeness (QED) is 0.368. The average molecular weight is 203 g/mol. The second-order valence-electron chi connectivity index (χ2n) is 1.57. The molecule has 3 nitrogen and oxygen atoms in total. The van der Waals surface area contributed by atoms with E-state index in [1.165, 1.54) is 6.20 Å². The Morgan fingerprint density at radius 2 is 2.17 bits per heavy atom. The minimum atomic E-state index is 0.222. The second kappa shape index (κ2) is 6.59. The van der Waals surface area contributed by atoms with Gasteiger partial charge in [0.2, 0.25) is 5.75 Å². The highest BCUT2D eigenvalue weighted by molar-refractivity contribution is 6.54. The van der Waals surface area contributed by atoms with Gasteiger partial charge in [0.25, 0.3) is 0 Å². The Balaban J connectivity index is 0.000000354. The molecule has 5 heteroatoms. The summed E-state index contributed by atoms with van der Waals surface area (Å²) in [7, 11) is 0. The van der Waals surface area contributed by atoms with Gasteiger partial charge in [-0.25, -0.2) is 4.98 Å². The molecule has 0 aliphatic carbocycles. The zero-order valence-corrected chi connectivity index (χ0v) is 7.38. The SMILES string of the molecule is N#Cc1ccc(Cl)nc1.O=CCl. The van der Waals surface area contributed by atoms with E-state index in [4.69, 9.17) is 21.7 Å². The molecule has 1 heterocycles. The van der Waals surface area contributed by atoms with Gasteiger partial charge >= 0.3 is 0 Å². The Morgan fingerprint density at radius 3 is 2.50 bits per heavy atom. The monoisotopic (exact) mass is 202 g/mol. The van der Waals surface area contributed by atoms with Crippen LogP contribution in [-0.4, -0.2) is 10.7 Å². The summed E-state index contributed by atoms with van der Waals surface area (Å²) in [5.74, 6) is 0.222. The van der Waals surface area contributed by atoms with Gasteiger partial charge in [0.05, 0.1) is 5.56 Å². The van der Waals surface area contributed by atoms with Crippen LogP contribution in [0, 0.1) is 11.3 Å². The van der Waals surface area contributed by atoms with E-state index in [1.54, 1.807) is 12.1 Å². The molecule has 0 aliphatic rings. The van der Waals surface area contributed by atoms with Crippen LogP contribution in [0.4, 0.5) is 0 Å². The Bertz CT molecular complexity index is 278. The molecule has 0 radical (unpaired) electrons. The van der Waals surface area contributed by atoms with Gasteiger partial charge in [-0.1, -0.05) is 11.6 Å². The number of carbonyl (C=O) groups is 1. The fourth-order valence-electron chi connectivity index (χ4n) is 0.442. The van der Waals surface area contributed by atoms with Crippen molar-refractivity contribution >= 4 is 28.9 Å². The minimum Gasteiger partial charge on any atom is -0.285 e. The number of nitriles is 1. The molecule has 62 valence electrons. The fourth-order valence-corrected chi connectivity index (χ4v) is 0.554. The molecule has 0 spiro atoms. The van der Waals surface area contributed by atoms with E-state index in [2.05, 4.69) is 16.6 Å². The van der Waals surface area contributed by atoms with Gasteiger partial charge in [0.15, 0.2) is 0 Å². The molecule has 0 unspecified atom stereocenters. The lowest BCUT2D eigenvalue weighted by molar-refractivity contribution is 0.569. The molecule has 0 atom stereocenters. The first kappa shape index (κ1) is 10.9. The van der Waals surface area contributed by atoms with Crippen molar-refractivity contribution in [1.29, 1.82) is 5.26 Å². The number of rotatable bonds is 0. The summed E-state index contributed by atoms with van der Waals surface area (Å²) in [5.41, 5.74) is 0.527. The van der Waals surface area contributed by atoms with Crippen LogP contribution >= 0.6 is 23.2 Å². The predicted molar refractivity (Wildman–Crippen MR) is 46.6 cm³/mol. The minimum absolute atomic E-state index is 0.222. The maximum Gasteiger partial charge on any atom is 0.208 e. The summed E-state index contributed by atoms with van der Waals surface area (Å²) in [6.45, 7) is 0. The van der Waals surface area contributed by atoms with E-state index in [9.17, 15) is 0 Å². The van der Waals surface area contributed by atoms with Gasteiger partial charge in [-0.15, -0.1) is 0 Å². The highest BCUT2D eigenvalue weighted by atomic mass is 35.5. The third-order valence-corrected chi connectivity index (χ3v) is 1.08. The van der Waals surface area contributed by atoms with Crippen molar-refractivity contribution in [3.8, 4) is 6.07 Å². The Kier molecular flexibility index (Phi) is 5.98. The molecule has 0 bridgehead atoms. The first-order valence-electron chi connectivity index (χ1n) is 2.80. The van der Waals surface area contributed by atoms with Crippen molar-refractivity contribution in [2.24, 2.45) is 0 Å². The first-order chi connectivity index (χ1) is 5.74. The van der Waals surface area contributed by atoms with Crippen LogP contribution in [0.1, 0.15) is 5.56 Å². The van der Waals surface area contributed by atoms with E-state index in [0.717, 1.165) is 0 Å². The topological polar surface area (TPSA) is 53.8 Å². The third-order valence-electron chi connectivity index (χ3n) is 0.856. The van der Waals surface area contributed by atoms with Gasteiger partial charge in [-0.3, -0.25) is 4.79 Å². The van der Waals surface area contributed by atoms with Gasteiger partial charge < -0.3 is 0 Å². The van der Waals surface area contributed by atoms with E-state index < -0.39 is 0 Å². The highest BCUT2D eigenvalue weighted by Gasteiger charge is 1.87. The zero-order chi connectivity index (χ0) is 9.40. The molecule has 1 aromatic heterocycles. The second-order valence-corrected chi connectivity index (χ2v) is 2.14. The number of hydrogen-bond acceptors (Lipinski definition) is 3. The third kappa shape index (κ3) is 4.67. The summed E-state index contributed by atoms with van der Waals surface area (Å²) in [6, 6.07) is 5.14. The number of pyridine rings is 1. The summed E-state index contributed by atoms with van der Waals surface area (Å²) in [6.07, 6.45) is 1.43. The molecule has 0 N–H and O–H groups in total. The summed E-state index contributed by atoms with van der Waals surface area (Å²) < 4.78 is 0. The van der Waals surface area contributed by atoms with Gasteiger partial charge in [0.1, 0.15) is 11.2 Å². The molecule has 0 saturated carbocycles. The van der Waals surface area contributed by atoms with Crippen molar-refractivity contribution in [3.63, 3.8) is 0 Å². The van der Waals surface area contributed by atoms with E-state index >= 15 is 0 Å². The lowest BCUT2D eigenvalue weighted by atomic mass is 10.3. The smallest absolute Gasteiger partial charge is 0.208 e. The maximum absolute atomic E-state index is 8.57. The summed E-state index contributed by atoms with van der Waals surface area (Å²) in [4.78, 5) is 12.3. The summed E-state index contributed by atoms with van der Waals surface area (Å²) >= 11 is 9.77. The Labute approximate surface area is 79.5 Å². The van der Waals surface area contributed by atoms with Gasteiger partial charge in [-0.2, -0.15) is 5.26 Å². The number of aromatic nitrogens is 1. The number of nitrogens with zero attached hydrogens (tertiary/aromatic N) is 2. The molecule has 12 heavy (non-hydrogen) atoms. The molecular formula is C7H4Cl2N2O.